The van der Waals surface area contributed by atoms with Crippen LogP contribution in [0.3, 0.4) is 0 Å². The number of carbonyl (C=O) groups is 1. The Morgan fingerprint density at radius 1 is 1.43 bits per heavy atom. The molecule has 0 unspecified atom stereocenters. The number of oxazole rings is 1. The van der Waals surface area contributed by atoms with Crippen molar-refractivity contribution in [3.8, 4) is 11.1 Å². The number of amides is 1. The second kappa shape index (κ2) is 6.14. The van der Waals surface area contributed by atoms with E-state index in [1.807, 2.05) is 0 Å². The lowest BCUT2D eigenvalue weighted by Crippen LogP contribution is -2.57. The van der Waals surface area contributed by atoms with Crippen molar-refractivity contribution < 1.29 is 13.9 Å². The standard InChI is InChI=1S/C15H16ClN3O3S/c16-12-8-21-15(18-12)22-13-2-1-11(23-13)14(20)17-10-7-19-5-3-9(10)4-6-19/h1-2,8-10H,3-7H2,(H,17,20)/t10-/m0/s1. The first-order chi connectivity index (χ1) is 11.2. The zero-order valence-corrected chi connectivity index (χ0v) is 13.9. The molecule has 3 aliphatic rings. The number of halogens is 1. The Bertz CT molecular complexity index is 708. The van der Waals surface area contributed by atoms with E-state index in [4.69, 9.17) is 20.8 Å². The lowest BCUT2D eigenvalue weighted by Gasteiger charge is -2.44. The molecule has 2 bridgehead atoms. The molecule has 2 aromatic rings. The molecule has 122 valence electrons. The Hall–Kier alpha value is -1.57. The van der Waals surface area contributed by atoms with Gasteiger partial charge in [0.2, 0.25) is 0 Å². The first-order valence-electron chi connectivity index (χ1n) is 7.59. The van der Waals surface area contributed by atoms with Gasteiger partial charge in [0.15, 0.2) is 10.2 Å². The molecule has 8 heteroatoms. The fourth-order valence-corrected chi connectivity index (χ4v) is 4.10. The van der Waals surface area contributed by atoms with Gasteiger partial charge in [0, 0.05) is 12.6 Å². The third-order valence-corrected chi connectivity index (χ3v) is 5.56. The number of rotatable bonds is 4. The van der Waals surface area contributed by atoms with Crippen LogP contribution in [-0.2, 0) is 0 Å². The van der Waals surface area contributed by atoms with Crippen LogP contribution in [0.15, 0.2) is 22.8 Å². The highest BCUT2D eigenvalue weighted by atomic mass is 35.5. The van der Waals surface area contributed by atoms with Crippen molar-refractivity contribution in [3.05, 3.63) is 28.4 Å². The molecule has 5 rings (SSSR count). The Labute approximate surface area is 142 Å². The molecule has 6 nitrogen and oxygen atoms in total. The summed E-state index contributed by atoms with van der Waals surface area (Å²) < 4.78 is 10.5. The Morgan fingerprint density at radius 2 is 2.26 bits per heavy atom. The fraction of sp³-hybridized carbons (Fsp3) is 0.467. The van der Waals surface area contributed by atoms with Crippen LogP contribution in [-0.4, -0.2) is 41.5 Å². The summed E-state index contributed by atoms with van der Waals surface area (Å²) in [4.78, 5) is 19.3. The van der Waals surface area contributed by atoms with E-state index in [-0.39, 0.29) is 23.2 Å². The van der Waals surface area contributed by atoms with Crippen LogP contribution < -0.4 is 10.1 Å². The minimum Gasteiger partial charge on any atom is -0.416 e. The van der Waals surface area contributed by atoms with Crippen LogP contribution in [0.4, 0.5) is 0 Å². The molecule has 2 aromatic heterocycles. The Kier molecular flexibility index (Phi) is 4.00. The highest BCUT2D eigenvalue weighted by Crippen LogP contribution is 2.31. The largest absolute Gasteiger partial charge is 0.416 e. The van der Waals surface area contributed by atoms with E-state index in [1.54, 1.807) is 12.1 Å². The number of carbonyl (C=O) groups excluding carboxylic acids is 1. The lowest BCUT2D eigenvalue weighted by atomic mass is 9.84. The zero-order valence-electron chi connectivity index (χ0n) is 12.3. The number of hydrogen-bond donors (Lipinski definition) is 1. The molecule has 3 aliphatic heterocycles. The number of piperidine rings is 3. The number of thiophene rings is 1. The third kappa shape index (κ3) is 3.22. The molecule has 1 atom stereocenters. The number of ether oxygens (including phenoxy) is 1. The predicted molar refractivity (Wildman–Crippen MR) is 86.3 cm³/mol. The lowest BCUT2D eigenvalue weighted by molar-refractivity contribution is 0.0622. The van der Waals surface area contributed by atoms with Crippen LogP contribution in [0.5, 0.6) is 11.1 Å². The minimum absolute atomic E-state index is 0.0472. The monoisotopic (exact) mass is 353 g/mol. The second-order valence-electron chi connectivity index (χ2n) is 5.87. The Morgan fingerprint density at radius 3 is 2.91 bits per heavy atom. The maximum atomic E-state index is 12.4. The summed E-state index contributed by atoms with van der Waals surface area (Å²) in [5.41, 5.74) is 0. The summed E-state index contributed by atoms with van der Waals surface area (Å²) in [7, 11) is 0. The highest BCUT2D eigenvalue weighted by molar-refractivity contribution is 7.15. The van der Waals surface area contributed by atoms with E-state index in [2.05, 4.69) is 15.2 Å². The molecule has 0 aromatic carbocycles. The van der Waals surface area contributed by atoms with Gasteiger partial charge in [-0.3, -0.25) is 4.79 Å². The molecule has 3 fully saturated rings. The van der Waals surface area contributed by atoms with Gasteiger partial charge in [-0.15, -0.1) is 0 Å². The van der Waals surface area contributed by atoms with Crippen LogP contribution in [0.1, 0.15) is 22.5 Å². The van der Waals surface area contributed by atoms with Crippen molar-refractivity contribution in [2.75, 3.05) is 19.6 Å². The fourth-order valence-electron chi connectivity index (χ4n) is 3.24. The Balaban J connectivity index is 1.39. The first kappa shape index (κ1) is 15.0. The topological polar surface area (TPSA) is 67.6 Å². The number of aromatic nitrogens is 1. The molecule has 23 heavy (non-hydrogen) atoms. The van der Waals surface area contributed by atoms with Crippen LogP contribution >= 0.6 is 22.9 Å². The molecular weight excluding hydrogens is 338 g/mol. The van der Waals surface area contributed by atoms with E-state index in [1.165, 1.54) is 30.4 Å². The molecular formula is C15H16ClN3O3S. The third-order valence-electron chi connectivity index (χ3n) is 4.42. The van der Waals surface area contributed by atoms with Gasteiger partial charge in [0.05, 0.1) is 4.88 Å². The summed E-state index contributed by atoms with van der Waals surface area (Å²) in [6.07, 6.45) is 3.72. The van der Waals surface area contributed by atoms with Gasteiger partial charge in [-0.2, -0.15) is 4.98 Å². The van der Waals surface area contributed by atoms with Gasteiger partial charge in [0.25, 0.3) is 5.91 Å². The average Bonchev–Trinajstić information content (AvgIpc) is 3.18. The molecule has 1 N–H and O–H groups in total. The zero-order chi connectivity index (χ0) is 15.8. The van der Waals surface area contributed by atoms with Gasteiger partial charge >= 0.3 is 6.08 Å². The van der Waals surface area contributed by atoms with Crippen molar-refractivity contribution in [2.24, 2.45) is 5.92 Å². The molecule has 3 saturated heterocycles. The van der Waals surface area contributed by atoms with Crippen molar-refractivity contribution in [1.82, 2.24) is 15.2 Å². The van der Waals surface area contributed by atoms with E-state index < -0.39 is 0 Å². The molecule has 0 spiro atoms. The number of fused-ring (bicyclic) bond motifs is 3. The smallest absolute Gasteiger partial charge is 0.401 e. The van der Waals surface area contributed by atoms with E-state index in [9.17, 15) is 4.79 Å². The van der Waals surface area contributed by atoms with E-state index >= 15 is 0 Å². The number of hydrogen-bond acceptors (Lipinski definition) is 6. The SMILES string of the molecule is O=C(N[C@H]1CN2CCC1CC2)c1ccc(Oc2nc(Cl)co2)s1. The molecule has 0 radical (unpaired) electrons. The summed E-state index contributed by atoms with van der Waals surface area (Å²) in [6.45, 7) is 3.28. The van der Waals surface area contributed by atoms with Gasteiger partial charge in [-0.05, 0) is 44.0 Å². The maximum absolute atomic E-state index is 12.4. The summed E-state index contributed by atoms with van der Waals surface area (Å²) in [5, 5.41) is 3.94. The van der Waals surface area contributed by atoms with Crippen molar-refractivity contribution in [3.63, 3.8) is 0 Å². The van der Waals surface area contributed by atoms with E-state index in [0.29, 0.717) is 15.9 Å². The molecule has 5 heterocycles. The van der Waals surface area contributed by atoms with Crippen LogP contribution in [0.25, 0.3) is 0 Å². The van der Waals surface area contributed by atoms with Gasteiger partial charge in [-0.25, -0.2) is 0 Å². The first-order valence-corrected chi connectivity index (χ1v) is 8.79. The second-order valence-corrected chi connectivity index (χ2v) is 7.31. The molecule has 0 aliphatic carbocycles. The van der Waals surface area contributed by atoms with Crippen LogP contribution in [0, 0.1) is 5.92 Å². The predicted octanol–water partition coefficient (Wildman–Crippen LogP) is 3.01. The van der Waals surface area contributed by atoms with Gasteiger partial charge in [-0.1, -0.05) is 22.9 Å². The van der Waals surface area contributed by atoms with Crippen LogP contribution in [0.2, 0.25) is 5.15 Å². The van der Waals surface area contributed by atoms with Crippen molar-refractivity contribution in [2.45, 2.75) is 18.9 Å². The normalized spacial score (nSPS) is 26.2. The van der Waals surface area contributed by atoms with Crippen molar-refractivity contribution >= 4 is 28.8 Å². The quantitative estimate of drug-likeness (QED) is 0.915. The maximum Gasteiger partial charge on any atom is 0.401 e. The van der Waals surface area contributed by atoms with Gasteiger partial charge in [0.1, 0.15) is 6.26 Å². The van der Waals surface area contributed by atoms with Crippen molar-refractivity contribution in [1.29, 1.82) is 0 Å². The molecule has 1 amide bonds. The van der Waals surface area contributed by atoms with Gasteiger partial charge < -0.3 is 19.4 Å². The summed E-state index contributed by atoms with van der Waals surface area (Å²) >= 11 is 6.93. The number of nitrogens with one attached hydrogen (secondary N) is 1. The summed E-state index contributed by atoms with van der Waals surface area (Å²) in [6, 6.07) is 3.73. The molecule has 0 saturated carbocycles. The average molecular weight is 354 g/mol. The number of nitrogens with zero attached hydrogens (tertiary/aromatic N) is 2. The van der Waals surface area contributed by atoms with E-state index in [0.717, 1.165) is 19.6 Å². The minimum atomic E-state index is -0.0472. The highest BCUT2D eigenvalue weighted by Gasteiger charge is 2.35. The summed E-state index contributed by atoms with van der Waals surface area (Å²) in [5.74, 6) is 0.558.